The molecule has 2 amide bonds. The highest BCUT2D eigenvalue weighted by Gasteiger charge is 2.19. The molecule has 0 aromatic heterocycles. The van der Waals surface area contributed by atoms with Gasteiger partial charge in [0.05, 0.1) is 13.2 Å². The molecule has 1 fully saturated rings. The third-order valence-electron chi connectivity index (χ3n) is 4.32. The lowest BCUT2D eigenvalue weighted by molar-refractivity contribution is -0.116. The Bertz CT molecular complexity index is 764. The molecule has 3 rings (SSSR count). The van der Waals surface area contributed by atoms with Crippen LogP contribution in [0.2, 0.25) is 0 Å². The van der Waals surface area contributed by atoms with Gasteiger partial charge < -0.3 is 20.7 Å². The van der Waals surface area contributed by atoms with Gasteiger partial charge in [0, 0.05) is 36.8 Å². The number of nitrogens with two attached hydrogens (primary N) is 1. The fourth-order valence-corrected chi connectivity index (χ4v) is 2.91. The number of ether oxygens (including phenoxy) is 1. The van der Waals surface area contributed by atoms with E-state index in [0.717, 1.165) is 5.56 Å². The average molecular weight is 390 g/mol. The van der Waals surface area contributed by atoms with Crippen LogP contribution < -0.4 is 11.1 Å². The lowest BCUT2D eigenvalue weighted by atomic mass is 10.0. The molecule has 1 unspecified atom stereocenters. The van der Waals surface area contributed by atoms with Gasteiger partial charge in [-0.25, -0.2) is 0 Å². The summed E-state index contributed by atoms with van der Waals surface area (Å²) in [5, 5.41) is 2.83. The van der Waals surface area contributed by atoms with Gasteiger partial charge in [-0.2, -0.15) is 0 Å². The second kappa shape index (κ2) is 10.1. The van der Waals surface area contributed by atoms with Gasteiger partial charge in [0.2, 0.25) is 5.91 Å². The molecule has 144 valence electrons. The molecule has 0 radical (unpaired) electrons. The summed E-state index contributed by atoms with van der Waals surface area (Å²) in [5.74, 6) is -0.234. The van der Waals surface area contributed by atoms with Crippen molar-refractivity contribution in [3.05, 3.63) is 65.7 Å². The Morgan fingerprint density at radius 3 is 2.48 bits per heavy atom. The number of halogens is 1. The molecule has 3 N–H and O–H groups in total. The Morgan fingerprint density at radius 2 is 1.78 bits per heavy atom. The number of nitrogens with zero attached hydrogens (tertiary/aromatic N) is 1. The highest BCUT2D eigenvalue weighted by molar-refractivity contribution is 5.97. The lowest BCUT2D eigenvalue weighted by Crippen LogP contribution is -2.40. The normalized spacial score (nSPS) is 14.8. The van der Waals surface area contributed by atoms with Crippen molar-refractivity contribution < 1.29 is 14.3 Å². The minimum absolute atomic E-state index is 0. The van der Waals surface area contributed by atoms with Crippen LogP contribution in [0.25, 0.3) is 0 Å². The SMILES string of the molecule is Cl.NC(CC(=O)Nc1cccc(C(=O)N2CCOCC2)c1)c1ccccc1. The standard InChI is InChI=1S/C20H23N3O3.ClH/c21-18(15-5-2-1-3-6-15)14-19(24)22-17-8-4-7-16(13-17)20(25)23-9-11-26-12-10-23;/h1-8,13,18H,9-12,14,21H2,(H,22,24);1H. The zero-order valence-electron chi connectivity index (χ0n) is 15.0. The van der Waals surface area contributed by atoms with E-state index in [2.05, 4.69) is 5.32 Å². The first-order valence-corrected chi connectivity index (χ1v) is 8.71. The second-order valence-electron chi connectivity index (χ2n) is 6.25. The van der Waals surface area contributed by atoms with Crippen LogP contribution in [0.4, 0.5) is 5.69 Å². The van der Waals surface area contributed by atoms with Crippen molar-refractivity contribution in [2.75, 3.05) is 31.6 Å². The zero-order chi connectivity index (χ0) is 18.4. The van der Waals surface area contributed by atoms with Crippen molar-refractivity contribution in [2.24, 2.45) is 5.73 Å². The summed E-state index contributed by atoms with van der Waals surface area (Å²) >= 11 is 0. The average Bonchev–Trinajstić information content (AvgIpc) is 2.69. The van der Waals surface area contributed by atoms with Gasteiger partial charge in [-0.15, -0.1) is 12.4 Å². The molecule has 0 bridgehead atoms. The molecule has 6 nitrogen and oxygen atoms in total. The number of morpholine rings is 1. The van der Waals surface area contributed by atoms with Crippen molar-refractivity contribution in [3.8, 4) is 0 Å². The smallest absolute Gasteiger partial charge is 0.254 e. The van der Waals surface area contributed by atoms with Crippen LogP contribution in [-0.4, -0.2) is 43.0 Å². The topological polar surface area (TPSA) is 84.7 Å². The van der Waals surface area contributed by atoms with Gasteiger partial charge in [0.1, 0.15) is 0 Å². The molecule has 27 heavy (non-hydrogen) atoms. The molecule has 1 aliphatic rings. The van der Waals surface area contributed by atoms with Gasteiger partial charge >= 0.3 is 0 Å². The molecule has 1 heterocycles. The van der Waals surface area contributed by atoms with Crippen LogP contribution in [-0.2, 0) is 9.53 Å². The predicted octanol–water partition coefficient (Wildman–Crippen LogP) is 2.61. The highest BCUT2D eigenvalue weighted by atomic mass is 35.5. The summed E-state index contributed by atoms with van der Waals surface area (Å²) in [6, 6.07) is 16.1. The van der Waals surface area contributed by atoms with Gasteiger partial charge in [0.25, 0.3) is 5.91 Å². The van der Waals surface area contributed by atoms with Crippen LogP contribution in [0.1, 0.15) is 28.4 Å². The molecule has 1 saturated heterocycles. The molecular formula is C20H24ClN3O3. The van der Waals surface area contributed by atoms with Gasteiger partial charge in [-0.3, -0.25) is 9.59 Å². The molecule has 7 heteroatoms. The van der Waals surface area contributed by atoms with Crippen LogP contribution in [0.5, 0.6) is 0 Å². The number of carbonyl (C=O) groups is 2. The van der Waals surface area contributed by atoms with Crippen LogP contribution in [0.3, 0.4) is 0 Å². The lowest BCUT2D eigenvalue weighted by Gasteiger charge is -2.27. The number of rotatable bonds is 5. The van der Waals surface area contributed by atoms with E-state index in [4.69, 9.17) is 10.5 Å². The number of nitrogens with one attached hydrogen (secondary N) is 1. The fraction of sp³-hybridized carbons (Fsp3) is 0.300. The fourth-order valence-electron chi connectivity index (χ4n) is 2.91. The monoisotopic (exact) mass is 389 g/mol. The first kappa shape index (κ1) is 20.9. The summed E-state index contributed by atoms with van der Waals surface area (Å²) in [7, 11) is 0. The first-order valence-electron chi connectivity index (χ1n) is 8.71. The van der Waals surface area contributed by atoms with E-state index in [0.29, 0.717) is 37.6 Å². The van der Waals surface area contributed by atoms with Crippen LogP contribution in [0.15, 0.2) is 54.6 Å². The minimum Gasteiger partial charge on any atom is -0.378 e. The van der Waals surface area contributed by atoms with Crippen molar-refractivity contribution >= 4 is 29.9 Å². The molecule has 2 aromatic carbocycles. The van der Waals surface area contributed by atoms with Crippen LogP contribution >= 0.6 is 12.4 Å². The van der Waals surface area contributed by atoms with Crippen LogP contribution in [0, 0.1) is 0 Å². The van der Waals surface area contributed by atoms with Crippen molar-refractivity contribution in [1.29, 1.82) is 0 Å². The van der Waals surface area contributed by atoms with E-state index >= 15 is 0 Å². The number of anilines is 1. The Morgan fingerprint density at radius 1 is 1.07 bits per heavy atom. The molecule has 0 saturated carbocycles. The van der Waals surface area contributed by atoms with E-state index in [1.807, 2.05) is 30.3 Å². The second-order valence-corrected chi connectivity index (χ2v) is 6.25. The highest BCUT2D eigenvalue weighted by Crippen LogP contribution is 2.17. The number of amides is 2. The summed E-state index contributed by atoms with van der Waals surface area (Å²) in [5.41, 5.74) is 8.15. The molecule has 2 aromatic rings. The Balaban J connectivity index is 0.00000261. The third kappa shape index (κ3) is 5.79. The summed E-state index contributed by atoms with van der Waals surface area (Å²) in [6.45, 7) is 2.28. The Kier molecular flexibility index (Phi) is 7.79. The van der Waals surface area contributed by atoms with Gasteiger partial charge in [0.15, 0.2) is 0 Å². The minimum atomic E-state index is -0.366. The van der Waals surface area contributed by atoms with Crippen molar-refractivity contribution in [1.82, 2.24) is 4.90 Å². The molecule has 0 spiro atoms. The number of hydrogen-bond donors (Lipinski definition) is 2. The summed E-state index contributed by atoms with van der Waals surface area (Å²) in [6.07, 6.45) is 0.172. The van der Waals surface area contributed by atoms with E-state index in [9.17, 15) is 9.59 Å². The molecular weight excluding hydrogens is 366 g/mol. The summed E-state index contributed by atoms with van der Waals surface area (Å²) in [4.78, 5) is 26.6. The number of benzene rings is 2. The van der Waals surface area contributed by atoms with E-state index in [1.54, 1.807) is 29.2 Å². The van der Waals surface area contributed by atoms with Crippen molar-refractivity contribution in [3.63, 3.8) is 0 Å². The number of hydrogen-bond acceptors (Lipinski definition) is 4. The molecule has 1 aliphatic heterocycles. The zero-order valence-corrected chi connectivity index (χ0v) is 15.8. The molecule has 0 aliphatic carbocycles. The maximum atomic E-state index is 12.5. The Hall–Kier alpha value is -2.41. The maximum Gasteiger partial charge on any atom is 0.254 e. The van der Waals surface area contributed by atoms with E-state index < -0.39 is 0 Å². The van der Waals surface area contributed by atoms with Gasteiger partial charge in [-0.05, 0) is 23.8 Å². The first-order chi connectivity index (χ1) is 12.6. The van der Waals surface area contributed by atoms with E-state index in [-0.39, 0.29) is 36.7 Å². The molecule has 1 atom stereocenters. The van der Waals surface area contributed by atoms with Gasteiger partial charge in [-0.1, -0.05) is 36.4 Å². The summed E-state index contributed by atoms with van der Waals surface area (Å²) < 4.78 is 5.27. The third-order valence-corrected chi connectivity index (χ3v) is 4.32. The maximum absolute atomic E-state index is 12.5. The van der Waals surface area contributed by atoms with E-state index in [1.165, 1.54) is 0 Å². The predicted molar refractivity (Wildman–Crippen MR) is 107 cm³/mol. The number of carbonyl (C=O) groups excluding carboxylic acids is 2. The quantitative estimate of drug-likeness (QED) is 0.823. The van der Waals surface area contributed by atoms with Crippen molar-refractivity contribution in [2.45, 2.75) is 12.5 Å². The largest absolute Gasteiger partial charge is 0.378 e. The Labute approximate surface area is 165 Å².